The van der Waals surface area contributed by atoms with E-state index in [1.54, 1.807) is 17.7 Å². The minimum absolute atomic E-state index is 0.0969. The zero-order valence-electron chi connectivity index (χ0n) is 13.7. The Balaban J connectivity index is 1.67. The SMILES string of the molecule is O=C(CCNc1nc(-c2c[nH]c3nc[nH+]cc23)ncc1F)NCC(F)(F)F. The maximum Gasteiger partial charge on any atom is 0.405 e. The van der Waals surface area contributed by atoms with Gasteiger partial charge in [-0.15, -0.1) is 0 Å². The van der Waals surface area contributed by atoms with Crippen LogP contribution in [0.3, 0.4) is 0 Å². The molecule has 0 aliphatic rings. The zero-order chi connectivity index (χ0) is 19.4. The number of nitrogens with zero attached hydrogens (tertiary/aromatic N) is 3. The first kappa shape index (κ1) is 18.5. The average Bonchev–Trinajstić information content (AvgIpc) is 3.05. The smallest absolute Gasteiger partial charge is 0.367 e. The molecule has 0 saturated carbocycles. The Morgan fingerprint density at radius 2 is 2.11 bits per heavy atom. The second kappa shape index (κ2) is 7.51. The highest BCUT2D eigenvalue weighted by molar-refractivity contribution is 5.90. The highest BCUT2D eigenvalue weighted by atomic mass is 19.4. The highest BCUT2D eigenvalue weighted by Crippen LogP contribution is 2.25. The summed E-state index contributed by atoms with van der Waals surface area (Å²) in [4.78, 5) is 29.2. The molecule has 27 heavy (non-hydrogen) atoms. The van der Waals surface area contributed by atoms with Gasteiger partial charge in [-0.1, -0.05) is 0 Å². The van der Waals surface area contributed by atoms with Gasteiger partial charge in [0.2, 0.25) is 5.91 Å². The zero-order valence-corrected chi connectivity index (χ0v) is 13.7. The van der Waals surface area contributed by atoms with Gasteiger partial charge in [0.25, 0.3) is 12.0 Å². The predicted octanol–water partition coefficient (Wildman–Crippen LogP) is 1.45. The molecule has 3 aromatic rings. The first-order chi connectivity index (χ1) is 12.8. The minimum Gasteiger partial charge on any atom is -0.367 e. The number of amides is 1. The van der Waals surface area contributed by atoms with Crippen LogP contribution in [0.25, 0.3) is 22.4 Å². The largest absolute Gasteiger partial charge is 0.405 e. The molecule has 0 aliphatic carbocycles. The van der Waals surface area contributed by atoms with Crippen molar-refractivity contribution in [3.8, 4) is 11.4 Å². The van der Waals surface area contributed by atoms with Crippen molar-refractivity contribution in [2.24, 2.45) is 0 Å². The summed E-state index contributed by atoms with van der Waals surface area (Å²) in [6, 6.07) is 0. The molecule has 142 valence electrons. The van der Waals surface area contributed by atoms with Crippen LogP contribution in [-0.2, 0) is 4.79 Å². The molecule has 8 nitrogen and oxygen atoms in total. The number of H-pyrrole nitrogens is 2. The molecule has 1 amide bonds. The van der Waals surface area contributed by atoms with Gasteiger partial charge in [0.1, 0.15) is 12.7 Å². The van der Waals surface area contributed by atoms with E-state index in [0.29, 0.717) is 16.6 Å². The van der Waals surface area contributed by atoms with Gasteiger partial charge in [0, 0.05) is 19.2 Å². The molecule has 3 heterocycles. The molecule has 0 aliphatic heterocycles. The molecule has 0 aromatic carbocycles. The Morgan fingerprint density at radius 1 is 1.30 bits per heavy atom. The molecule has 3 aromatic heterocycles. The van der Waals surface area contributed by atoms with Gasteiger partial charge in [-0.2, -0.15) is 13.2 Å². The summed E-state index contributed by atoms with van der Waals surface area (Å²) >= 11 is 0. The van der Waals surface area contributed by atoms with E-state index in [9.17, 15) is 22.4 Å². The number of alkyl halides is 3. The van der Waals surface area contributed by atoms with Gasteiger partial charge in [0.05, 0.1) is 17.1 Å². The van der Waals surface area contributed by atoms with E-state index >= 15 is 0 Å². The van der Waals surface area contributed by atoms with E-state index in [4.69, 9.17) is 0 Å². The third kappa shape index (κ3) is 4.65. The number of anilines is 1. The minimum atomic E-state index is -4.48. The molecule has 0 unspecified atom stereocenters. The van der Waals surface area contributed by atoms with Gasteiger partial charge < -0.3 is 15.6 Å². The Morgan fingerprint density at radius 3 is 2.89 bits per heavy atom. The summed E-state index contributed by atoms with van der Waals surface area (Å²) in [7, 11) is 0. The normalized spacial score (nSPS) is 11.6. The van der Waals surface area contributed by atoms with Crippen molar-refractivity contribution in [1.29, 1.82) is 0 Å². The molecule has 12 heteroatoms. The Bertz CT molecular complexity index is 957. The molecule has 3 rings (SSSR count). The van der Waals surface area contributed by atoms with Crippen molar-refractivity contribution in [3.63, 3.8) is 0 Å². The summed E-state index contributed by atoms with van der Waals surface area (Å²) in [6.07, 6.45) is 0.994. The van der Waals surface area contributed by atoms with Crippen molar-refractivity contribution in [2.45, 2.75) is 12.6 Å². The lowest BCUT2D eigenvalue weighted by atomic mass is 10.2. The van der Waals surface area contributed by atoms with E-state index in [1.807, 2.05) is 0 Å². The Kier molecular flexibility index (Phi) is 5.14. The van der Waals surface area contributed by atoms with Gasteiger partial charge in [-0.05, 0) is 4.98 Å². The first-order valence-electron chi connectivity index (χ1n) is 7.77. The van der Waals surface area contributed by atoms with Crippen LogP contribution in [0.15, 0.2) is 24.9 Å². The first-order valence-corrected chi connectivity index (χ1v) is 7.77. The lowest BCUT2D eigenvalue weighted by molar-refractivity contribution is -0.380. The van der Waals surface area contributed by atoms with E-state index in [2.05, 4.69) is 30.2 Å². The molecule has 0 fully saturated rings. The fourth-order valence-electron chi connectivity index (χ4n) is 2.29. The fourth-order valence-corrected chi connectivity index (χ4v) is 2.29. The van der Waals surface area contributed by atoms with Crippen LogP contribution in [0.1, 0.15) is 6.42 Å². The maximum atomic E-state index is 13.9. The van der Waals surface area contributed by atoms with Crippen LogP contribution in [0.4, 0.5) is 23.4 Å². The van der Waals surface area contributed by atoms with E-state index in [-0.39, 0.29) is 24.6 Å². The molecular formula is C15H14F4N7O+. The molecule has 4 N–H and O–H groups in total. The molecule has 0 saturated heterocycles. The number of fused-ring (bicyclic) bond motifs is 1. The number of nitrogens with one attached hydrogen (secondary N) is 4. The van der Waals surface area contributed by atoms with Crippen LogP contribution < -0.4 is 15.6 Å². The maximum absolute atomic E-state index is 13.9. The van der Waals surface area contributed by atoms with E-state index in [0.717, 1.165) is 6.20 Å². The number of hydrogen-bond donors (Lipinski definition) is 3. The lowest BCUT2D eigenvalue weighted by Crippen LogP contribution is -2.34. The van der Waals surface area contributed by atoms with Crippen molar-refractivity contribution < 1.29 is 27.3 Å². The number of carbonyl (C=O) groups is 1. The Hall–Kier alpha value is -3.31. The van der Waals surface area contributed by atoms with Crippen molar-refractivity contribution in [3.05, 3.63) is 30.7 Å². The number of carbonyl (C=O) groups excluding carboxylic acids is 1. The highest BCUT2D eigenvalue weighted by Gasteiger charge is 2.27. The van der Waals surface area contributed by atoms with Crippen molar-refractivity contribution in [1.82, 2.24) is 25.3 Å². The number of halogens is 4. The third-order valence-electron chi connectivity index (χ3n) is 3.51. The molecule has 0 radical (unpaired) electrons. The van der Waals surface area contributed by atoms with Crippen LogP contribution in [0.2, 0.25) is 0 Å². The number of hydrogen-bond acceptors (Lipinski definition) is 5. The average molecular weight is 384 g/mol. The lowest BCUT2D eigenvalue weighted by Gasteiger charge is -2.10. The second-order valence-corrected chi connectivity index (χ2v) is 5.49. The number of aromatic nitrogens is 5. The van der Waals surface area contributed by atoms with E-state index in [1.165, 1.54) is 6.33 Å². The van der Waals surface area contributed by atoms with Crippen LogP contribution in [0.5, 0.6) is 0 Å². The predicted molar refractivity (Wildman–Crippen MR) is 85.8 cm³/mol. The van der Waals surface area contributed by atoms with Gasteiger partial charge >= 0.3 is 6.18 Å². The Labute approximate surface area is 149 Å². The van der Waals surface area contributed by atoms with Crippen LogP contribution in [0, 0.1) is 5.82 Å². The van der Waals surface area contributed by atoms with Crippen molar-refractivity contribution >= 4 is 22.8 Å². The molecule has 0 spiro atoms. The van der Waals surface area contributed by atoms with Crippen LogP contribution >= 0.6 is 0 Å². The summed E-state index contributed by atoms with van der Waals surface area (Å²) in [5.74, 6) is -1.51. The van der Waals surface area contributed by atoms with Crippen molar-refractivity contribution in [2.75, 3.05) is 18.4 Å². The number of aromatic amines is 2. The van der Waals surface area contributed by atoms with Gasteiger partial charge in [0.15, 0.2) is 17.5 Å². The summed E-state index contributed by atoms with van der Waals surface area (Å²) < 4.78 is 50.0. The second-order valence-electron chi connectivity index (χ2n) is 5.49. The topological polar surface area (TPSA) is 110 Å². The third-order valence-corrected chi connectivity index (χ3v) is 3.51. The van der Waals surface area contributed by atoms with E-state index < -0.39 is 24.4 Å². The summed E-state index contributed by atoms with van der Waals surface area (Å²) in [5, 5.41) is 5.02. The number of rotatable bonds is 6. The van der Waals surface area contributed by atoms with Gasteiger partial charge in [-0.3, -0.25) is 4.79 Å². The molecular weight excluding hydrogens is 370 g/mol. The van der Waals surface area contributed by atoms with Gasteiger partial charge in [-0.25, -0.2) is 19.3 Å². The summed E-state index contributed by atoms with van der Waals surface area (Å²) in [5.41, 5.74) is 1.17. The monoisotopic (exact) mass is 384 g/mol. The molecule has 0 atom stereocenters. The quantitative estimate of drug-likeness (QED) is 0.558. The fraction of sp³-hybridized carbons (Fsp3) is 0.267. The molecule has 0 bridgehead atoms. The standard InChI is InChI=1S/C15H13F4N7O/c16-10-5-23-13(9-4-22-12-8(9)3-20-7-25-12)26-14(10)21-2-1-11(27)24-6-15(17,18)19/h3-5,7H,1-2,6H2,(H,24,27)(H,20,22,25)(H,21,23,26)/p+1. The summed E-state index contributed by atoms with van der Waals surface area (Å²) in [6.45, 7) is -1.51. The van der Waals surface area contributed by atoms with Crippen LogP contribution in [-0.4, -0.2) is 45.1 Å².